The molecule has 15 heavy (non-hydrogen) atoms. The van der Waals surface area contributed by atoms with Crippen LogP contribution in [0.3, 0.4) is 0 Å². The Labute approximate surface area is 99.0 Å². The van der Waals surface area contributed by atoms with Gasteiger partial charge < -0.3 is 10.2 Å². The van der Waals surface area contributed by atoms with E-state index < -0.39 is 0 Å². The zero-order valence-electron chi connectivity index (χ0n) is 8.91. The summed E-state index contributed by atoms with van der Waals surface area (Å²) >= 11 is 3.56. The summed E-state index contributed by atoms with van der Waals surface area (Å²) in [5, 5.41) is 3.24. The molecule has 82 valence electrons. The van der Waals surface area contributed by atoms with E-state index in [0.717, 1.165) is 23.4 Å². The third-order valence-corrected chi connectivity index (χ3v) is 3.45. The number of hydrogen-bond acceptors (Lipinski definition) is 3. The highest BCUT2D eigenvalue weighted by atomic mass is 79.9. The number of nitrogens with one attached hydrogen (secondary N) is 1. The molecule has 1 fully saturated rings. The van der Waals surface area contributed by atoms with E-state index in [1.165, 1.54) is 12.8 Å². The van der Waals surface area contributed by atoms with Crippen molar-refractivity contribution in [2.24, 2.45) is 0 Å². The van der Waals surface area contributed by atoms with Crippen LogP contribution in [0.5, 0.6) is 0 Å². The zero-order valence-corrected chi connectivity index (χ0v) is 10.5. The summed E-state index contributed by atoms with van der Waals surface area (Å²) in [4.78, 5) is 6.83. The predicted octanol–water partition coefficient (Wildman–Crippen LogP) is 2.03. The van der Waals surface area contributed by atoms with E-state index in [9.17, 15) is 0 Å². The molecule has 0 saturated carbocycles. The van der Waals surface area contributed by atoms with Gasteiger partial charge in [-0.1, -0.05) is 0 Å². The van der Waals surface area contributed by atoms with Gasteiger partial charge in [-0.2, -0.15) is 0 Å². The van der Waals surface area contributed by atoms with Gasteiger partial charge in [0.25, 0.3) is 0 Å². The molecule has 1 saturated heterocycles. The summed E-state index contributed by atoms with van der Waals surface area (Å²) in [6.07, 6.45) is 4.37. The molecule has 1 atom stereocenters. The molecule has 1 aromatic heterocycles. The van der Waals surface area contributed by atoms with Gasteiger partial charge in [-0.25, -0.2) is 4.98 Å². The Bertz CT molecular complexity index is 329. The number of halogens is 1. The number of pyridine rings is 1. The molecule has 1 N–H and O–H groups in total. The van der Waals surface area contributed by atoms with Crippen molar-refractivity contribution in [1.29, 1.82) is 0 Å². The first-order valence-electron chi connectivity index (χ1n) is 5.34. The molecule has 1 aliphatic rings. The molecule has 4 heteroatoms. The van der Waals surface area contributed by atoms with Gasteiger partial charge in [-0.15, -0.1) is 0 Å². The van der Waals surface area contributed by atoms with E-state index in [0.29, 0.717) is 6.04 Å². The van der Waals surface area contributed by atoms with Crippen molar-refractivity contribution >= 4 is 21.7 Å². The fraction of sp³-hybridized carbons (Fsp3) is 0.545. The van der Waals surface area contributed by atoms with Crippen LogP contribution in [0.4, 0.5) is 5.82 Å². The minimum Gasteiger partial charge on any atom is -0.351 e. The normalized spacial score (nSPS) is 20.9. The summed E-state index contributed by atoms with van der Waals surface area (Å²) in [7, 11) is 2.00. The van der Waals surface area contributed by atoms with Crippen molar-refractivity contribution in [2.45, 2.75) is 18.9 Å². The van der Waals surface area contributed by atoms with Crippen molar-refractivity contribution in [1.82, 2.24) is 10.3 Å². The average Bonchev–Trinajstić information content (AvgIpc) is 2.67. The smallest absolute Gasteiger partial charge is 0.143 e. The second kappa shape index (κ2) is 4.94. The SMILES string of the molecule is CNCC1CCCN1c1ncccc1Br. The monoisotopic (exact) mass is 269 g/mol. The molecule has 1 aliphatic heterocycles. The standard InChI is InChI=1S/C11H16BrN3/c1-13-8-9-4-3-7-15(9)11-10(12)5-2-6-14-11/h2,5-6,9,13H,3-4,7-8H2,1H3. The third-order valence-electron chi connectivity index (χ3n) is 2.83. The lowest BCUT2D eigenvalue weighted by Gasteiger charge is -2.26. The number of anilines is 1. The van der Waals surface area contributed by atoms with Crippen LogP contribution in [0.15, 0.2) is 22.8 Å². The molecule has 0 aliphatic carbocycles. The van der Waals surface area contributed by atoms with Crippen LogP contribution in [-0.2, 0) is 0 Å². The average molecular weight is 270 g/mol. The van der Waals surface area contributed by atoms with Crippen LogP contribution in [-0.4, -0.2) is 31.2 Å². The van der Waals surface area contributed by atoms with Crippen LogP contribution in [0, 0.1) is 0 Å². The van der Waals surface area contributed by atoms with Crippen molar-refractivity contribution < 1.29 is 0 Å². The van der Waals surface area contributed by atoms with Gasteiger partial charge in [0.1, 0.15) is 5.82 Å². The minimum atomic E-state index is 0.584. The Morgan fingerprint density at radius 3 is 3.27 bits per heavy atom. The van der Waals surface area contributed by atoms with Crippen LogP contribution in [0.25, 0.3) is 0 Å². The Morgan fingerprint density at radius 1 is 1.67 bits per heavy atom. The molecule has 0 spiro atoms. The predicted molar refractivity (Wildman–Crippen MR) is 66.2 cm³/mol. The Kier molecular flexibility index (Phi) is 3.59. The van der Waals surface area contributed by atoms with E-state index in [-0.39, 0.29) is 0 Å². The zero-order chi connectivity index (χ0) is 10.7. The van der Waals surface area contributed by atoms with Gasteiger partial charge in [-0.3, -0.25) is 0 Å². The van der Waals surface area contributed by atoms with Crippen LogP contribution >= 0.6 is 15.9 Å². The van der Waals surface area contributed by atoms with E-state index in [1.54, 1.807) is 0 Å². The van der Waals surface area contributed by atoms with E-state index >= 15 is 0 Å². The van der Waals surface area contributed by atoms with Gasteiger partial charge in [0.15, 0.2) is 0 Å². The van der Waals surface area contributed by atoms with E-state index in [4.69, 9.17) is 0 Å². The van der Waals surface area contributed by atoms with Crippen LogP contribution < -0.4 is 10.2 Å². The quantitative estimate of drug-likeness (QED) is 0.911. The number of hydrogen-bond donors (Lipinski definition) is 1. The first-order chi connectivity index (χ1) is 7.33. The number of likely N-dealkylation sites (N-methyl/N-ethyl adjacent to an activating group) is 1. The molecule has 0 amide bonds. The van der Waals surface area contributed by atoms with Crippen LogP contribution in [0.2, 0.25) is 0 Å². The topological polar surface area (TPSA) is 28.2 Å². The Hall–Kier alpha value is -0.610. The number of nitrogens with zero attached hydrogens (tertiary/aromatic N) is 2. The van der Waals surface area contributed by atoms with Gasteiger partial charge in [0.05, 0.1) is 4.47 Å². The molecular weight excluding hydrogens is 254 g/mol. The van der Waals surface area contributed by atoms with Gasteiger partial charge in [0, 0.05) is 25.3 Å². The Morgan fingerprint density at radius 2 is 2.53 bits per heavy atom. The van der Waals surface area contributed by atoms with E-state index in [2.05, 4.69) is 37.2 Å². The molecule has 0 radical (unpaired) electrons. The second-order valence-electron chi connectivity index (χ2n) is 3.86. The van der Waals surface area contributed by atoms with Gasteiger partial charge >= 0.3 is 0 Å². The first-order valence-corrected chi connectivity index (χ1v) is 6.14. The fourth-order valence-electron chi connectivity index (χ4n) is 2.15. The highest BCUT2D eigenvalue weighted by molar-refractivity contribution is 9.10. The highest BCUT2D eigenvalue weighted by Crippen LogP contribution is 2.29. The summed E-state index contributed by atoms with van der Waals surface area (Å²) in [6, 6.07) is 4.59. The molecule has 1 aromatic rings. The van der Waals surface area contributed by atoms with Gasteiger partial charge in [-0.05, 0) is 48.0 Å². The lowest BCUT2D eigenvalue weighted by Crippen LogP contribution is -2.37. The molecule has 2 rings (SSSR count). The first kappa shape index (κ1) is 10.9. The number of rotatable bonds is 3. The van der Waals surface area contributed by atoms with Crippen molar-refractivity contribution in [3.8, 4) is 0 Å². The van der Waals surface area contributed by atoms with Crippen LogP contribution in [0.1, 0.15) is 12.8 Å². The lowest BCUT2D eigenvalue weighted by atomic mass is 10.2. The fourth-order valence-corrected chi connectivity index (χ4v) is 2.63. The lowest BCUT2D eigenvalue weighted by molar-refractivity contribution is 0.611. The molecular formula is C11H16BrN3. The van der Waals surface area contributed by atoms with Crippen molar-refractivity contribution in [2.75, 3.05) is 25.0 Å². The summed E-state index contributed by atoms with van der Waals surface area (Å²) < 4.78 is 1.09. The molecule has 0 bridgehead atoms. The molecule has 1 unspecified atom stereocenters. The maximum atomic E-state index is 4.44. The highest BCUT2D eigenvalue weighted by Gasteiger charge is 2.25. The second-order valence-corrected chi connectivity index (χ2v) is 4.71. The van der Waals surface area contributed by atoms with Crippen molar-refractivity contribution in [3.63, 3.8) is 0 Å². The molecule has 0 aromatic carbocycles. The summed E-state index contributed by atoms with van der Waals surface area (Å²) in [5.74, 6) is 1.08. The van der Waals surface area contributed by atoms with Crippen molar-refractivity contribution in [3.05, 3.63) is 22.8 Å². The summed E-state index contributed by atoms with van der Waals surface area (Å²) in [6.45, 7) is 2.14. The maximum absolute atomic E-state index is 4.44. The van der Waals surface area contributed by atoms with E-state index in [1.807, 2.05) is 19.3 Å². The molecule has 2 heterocycles. The summed E-state index contributed by atoms with van der Waals surface area (Å²) in [5.41, 5.74) is 0. The Balaban J connectivity index is 2.19. The minimum absolute atomic E-state index is 0.584. The van der Waals surface area contributed by atoms with Gasteiger partial charge in [0.2, 0.25) is 0 Å². The maximum Gasteiger partial charge on any atom is 0.143 e. The third kappa shape index (κ3) is 2.32. The molecule has 3 nitrogen and oxygen atoms in total. The largest absolute Gasteiger partial charge is 0.351 e. The number of aromatic nitrogens is 1.